The lowest BCUT2D eigenvalue weighted by atomic mass is 10.2. The SMILES string of the molecule is N=C[C@H]1COCCN1c1nc(Cl)cc(-n2c(C(F)F)nc3ccccc32)n1. The van der Waals surface area contributed by atoms with E-state index in [1.807, 2.05) is 0 Å². The first kappa shape index (κ1) is 17.7. The average Bonchev–Trinajstić information content (AvgIpc) is 3.07. The van der Waals surface area contributed by atoms with Crippen LogP contribution in [0, 0.1) is 5.41 Å². The molecule has 27 heavy (non-hydrogen) atoms. The molecule has 7 nitrogen and oxygen atoms in total. The van der Waals surface area contributed by atoms with E-state index in [0.29, 0.717) is 30.8 Å². The van der Waals surface area contributed by atoms with Crippen LogP contribution < -0.4 is 4.90 Å². The second kappa shape index (κ2) is 7.16. The van der Waals surface area contributed by atoms with Gasteiger partial charge in [-0.1, -0.05) is 23.7 Å². The highest BCUT2D eigenvalue weighted by atomic mass is 35.5. The Morgan fingerprint density at radius 1 is 1.26 bits per heavy atom. The Morgan fingerprint density at radius 3 is 2.85 bits per heavy atom. The number of imidazole rings is 1. The summed E-state index contributed by atoms with van der Waals surface area (Å²) in [6.07, 6.45) is -1.55. The van der Waals surface area contributed by atoms with Crippen LogP contribution in [-0.4, -0.2) is 51.5 Å². The van der Waals surface area contributed by atoms with E-state index in [1.165, 1.54) is 16.8 Å². The largest absolute Gasteiger partial charge is 0.377 e. The maximum absolute atomic E-state index is 13.6. The fraction of sp³-hybridized carbons (Fsp3) is 0.294. The van der Waals surface area contributed by atoms with Crippen molar-refractivity contribution < 1.29 is 13.5 Å². The first-order valence-electron chi connectivity index (χ1n) is 8.24. The van der Waals surface area contributed by atoms with E-state index in [2.05, 4.69) is 15.0 Å². The van der Waals surface area contributed by atoms with E-state index in [9.17, 15) is 8.78 Å². The van der Waals surface area contributed by atoms with E-state index < -0.39 is 12.2 Å². The van der Waals surface area contributed by atoms with Crippen molar-refractivity contribution in [1.29, 1.82) is 5.41 Å². The topological polar surface area (TPSA) is 79.9 Å². The maximum Gasteiger partial charge on any atom is 0.296 e. The second-order valence-electron chi connectivity index (χ2n) is 5.95. The van der Waals surface area contributed by atoms with Gasteiger partial charge in [0, 0.05) is 18.8 Å². The monoisotopic (exact) mass is 392 g/mol. The van der Waals surface area contributed by atoms with Gasteiger partial charge < -0.3 is 15.0 Å². The standard InChI is InChI=1S/C17H15ClF2N6O/c18-13-7-14(24-17(23-13)25-5-6-27-9-10(25)8-21)26-12-4-2-1-3-11(12)22-16(26)15(19)20/h1-4,7-8,10,15,21H,5-6,9H2/t10-/m0/s1. The van der Waals surface area contributed by atoms with Crippen molar-refractivity contribution in [1.82, 2.24) is 19.5 Å². The molecular formula is C17H15ClF2N6O. The molecule has 0 spiro atoms. The molecule has 140 valence electrons. The van der Waals surface area contributed by atoms with Crippen molar-refractivity contribution in [2.24, 2.45) is 0 Å². The number of rotatable bonds is 4. The van der Waals surface area contributed by atoms with Crippen LogP contribution in [0.1, 0.15) is 12.2 Å². The molecule has 0 saturated carbocycles. The highest BCUT2D eigenvalue weighted by Crippen LogP contribution is 2.29. The predicted molar refractivity (Wildman–Crippen MR) is 97.4 cm³/mol. The lowest BCUT2D eigenvalue weighted by Gasteiger charge is -2.33. The summed E-state index contributed by atoms with van der Waals surface area (Å²) in [5, 5.41) is 7.69. The molecule has 1 atom stereocenters. The number of para-hydroxylation sites is 2. The number of halogens is 3. The van der Waals surface area contributed by atoms with Crippen molar-refractivity contribution in [3.8, 4) is 5.82 Å². The molecule has 2 aromatic heterocycles. The van der Waals surface area contributed by atoms with Gasteiger partial charge in [0.1, 0.15) is 11.0 Å². The van der Waals surface area contributed by atoms with Gasteiger partial charge >= 0.3 is 0 Å². The van der Waals surface area contributed by atoms with Crippen molar-refractivity contribution in [2.75, 3.05) is 24.7 Å². The van der Waals surface area contributed by atoms with Gasteiger partial charge in [0.2, 0.25) is 5.95 Å². The quantitative estimate of drug-likeness (QED) is 0.544. The summed E-state index contributed by atoms with van der Waals surface area (Å²) >= 11 is 6.17. The van der Waals surface area contributed by atoms with Gasteiger partial charge in [0.25, 0.3) is 6.43 Å². The number of ether oxygens (including phenoxy) is 1. The molecule has 10 heteroatoms. The van der Waals surface area contributed by atoms with Crippen LogP contribution in [0.15, 0.2) is 30.3 Å². The van der Waals surface area contributed by atoms with Crippen LogP contribution >= 0.6 is 11.6 Å². The summed E-state index contributed by atoms with van der Waals surface area (Å²) in [4.78, 5) is 14.5. The molecule has 3 heterocycles. The van der Waals surface area contributed by atoms with Crippen LogP contribution in [0.2, 0.25) is 5.15 Å². The Balaban J connectivity index is 1.88. The molecule has 3 aromatic rings. The van der Waals surface area contributed by atoms with E-state index >= 15 is 0 Å². The van der Waals surface area contributed by atoms with Crippen molar-refractivity contribution in [2.45, 2.75) is 12.5 Å². The van der Waals surface area contributed by atoms with Gasteiger partial charge in [0.05, 0.1) is 30.3 Å². The minimum Gasteiger partial charge on any atom is -0.377 e. The zero-order valence-corrected chi connectivity index (χ0v) is 14.8. The molecule has 0 aliphatic carbocycles. The number of hydrogen-bond acceptors (Lipinski definition) is 6. The fourth-order valence-electron chi connectivity index (χ4n) is 3.08. The molecule has 0 radical (unpaired) electrons. The van der Waals surface area contributed by atoms with Crippen LogP contribution in [0.3, 0.4) is 0 Å². The minimum absolute atomic E-state index is 0.114. The zero-order valence-electron chi connectivity index (χ0n) is 14.0. The van der Waals surface area contributed by atoms with Crippen molar-refractivity contribution in [3.63, 3.8) is 0 Å². The molecule has 0 unspecified atom stereocenters. The van der Waals surface area contributed by atoms with Gasteiger partial charge in [0.15, 0.2) is 5.82 Å². The number of aromatic nitrogens is 4. The minimum atomic E-state index is -2.78. The predicted octanol–water partition coefficient (Wildman–Crippen LogP) is 3.26. The van der Waals surface area contributed by atoms with Gasteiger partial charge in [-0.2, -0.15) is 4.98 Å². The van der Waals surface area contributed by atoms with E-state index in [0.717, 1.165) is 0 Å². The molecule has 1 aliphatic heterocycles. The van der Waals surface area contributed by atoms with Crippen LogP contribution in [0.4, 0.5) is 14.7 Å². The molecule has 0 amide bonds. The number of nitrogens with zero attached hydrogens (tertiary/aromatic N) is 5. The third kappa shape index (κ3) is 3.24. The Kier molecular flexibility index (Phi) is 4.71. The van der Waals surface area contributed by atoms with Crippen LogP contribution in [0.25, 0.3) is 16.9 Å². The van der Waals surface area contributed by atoms with Gasteiger partial charge in [-0.15, -0.1) is 0 Å². The molecule has 4 rings (SSSR count). The third-order valence-corrected chi connectivity index (χ3v) is 4.49. The first-order valence-corrected chi connectivity index (χ1v) is 8.61. The Hall–Kier alpha value is -2.65. The average molecular weight is 393 g/mol. The second-order valence-corrected chi connectivity index (χ2v) is 6.33. The summed E-state index contributed by atoms with van der Waals surface area (Å²) in [5.41, 5.74) is 0.937. The lowest BCUT2D eigenvalue weighted by Crippen LogP contribution is -2.47. The first-order chi connectivity index (χ1) is 13.1. The van der Waals surface area contributed by atoms with Crippen LogP contribution in [0.5, 0.6) is 0 Å². The number of anilines is 1. The molecule has 1 N–H and O–H groups in total. The van der Waals surface area contributed by atoms with E-state index in [1.54, 1.807) is 29.2 Å². The molecular weight excluding hydrogens is 378 g/mol. The van der Waals surface area contributed by atoms with Crippen molar-refractivity contribution >= 4 is 34.8 Å². The van der Waals surface area contributed by atoms with E-state index in [-0.39, 0.29) is 23.0 Å². The molecule has 1 saturated heterocycles. The number of alkyl halides is 2. The molecule has 1 fully saturated rings. The summed E-state index contributed by atoms with van der Waals surface area (Å²) in [7, 11) is 0. The van der Waals surface area contributed by atoms with Crippen LogP contribution in [-0.2, 0) is 4.74 Å². The summed E-state index contributed by atoms with van der Waals surface area (Å²) in [6.45, 7) is 1.24. The summed E-state index contributed by atoms with van der Waals surface area (Å²) in [6, 6.07) is 7.90. The normalized spacial score (nSPS) is 17.6. The smallest absolute Gasteiger partial charge is 0.296 e. The number of morpholine rings is 1. The highest BCUT2D eigenvalue weighted by Gasteiger charge is 2.26. The van der Waals surface area contributed by atoms with Gasteiger partial charge in [-0.3, -0.25) is 4.57 Å². The fourth-order valence-corrected chi connectivity index (χ4v) is 3.25. The number of nitrogens with one attached hydrogen (secondary N) is 1. The van der Waals surface area contributed by atoms with Gasteiger partial charge in [-0.25, -0.2) is 18.7 Å². The number of fused-ring (bicyclic) bond motifs is 1. The maximum atomic E-state index is 13.6. The third-order valence-electron chi connectivity index (χ3n) is 4.30. The van der Waals surface area contributed by atoms with E-state index in [4.69, 9.17) is 21.7 Å². The molecule has 0 bridgehead atoms. The molecule has 1 aliphatic rings. The Labute approximate surface area is 158 Å². The van der Waals surface area contributed by atoms with Crippen molar-refractivity contribution in [3.05, 3.63) is 41.3 Å². The summed E-state index contributed by atoms with van der Waals surface area (Å²) in [5.74, 6) is 0.0408. The lowest BCUT2D eigenvalue weighted by molar-refractivity contribution is 0.110. The number of hydrogen-bond donors (Lipinski definition) is 1. The molecule has 1 aromatic carbocycles. The van der Waals surface area contributed by atoms with Gasteiger partial charge in [-0.05, 0) is 12.1 Å². The summed E-state index contributed by atoms with van der Waals surface area (Å²) < 4.78 is 33.9. The Bertz CT molecular complexity index is 995. The Morgan fingerprint density at radius 2 is 2.07 bits per heavy atom. The number of benzene rings is 1. The zero-order chi connectivity index (χ0) is 19.0. The highest BCUT2D eigenvalue weighted by molar-refractivity contribution is 6.29.